The van der Waals surface area contributed by atoms with Crippen LogP contribution in [0.4, 0.5) is 0 Å². The Kier molecular flexibility index (Phi) is 3.26. The predicted molar refractivity (Wildman–Crippen MR) is 61.7 cm³/mol. The lowest BCUT2D eigenvalue weighted by Crippen LogP contribution is -1.75. The lowest BCUT2D eigenvalue weighted by Gasteiger charge is -1.84. The topological polar surface area (TPSA) is 58.4 Å². The third kappa shape index (κ3) is 2.65. The first-order valence-corrected chi connectivity index (χ1v) is 5.25. The fourth-order valence-corrected chi connectivity index (χ4v) is 1.66. The van der Waals surface area contributed by atoms with Gasteiger partial charge >= 0.3 is 0 Å². The summed E-state index contributed by atoms with van der Waals surface area (Å²) in [6.45, 7) is 0. The Labute approximate surface area is 96.3 Å². The first-order valence-electron chi connectivity index (χ1n) is 4.44. The zero-order valence-corrected chi connectivity index (χ0v) is 8.98. The maximum atomic E-state index is 8.34. The van der Waals surface area contributed by atoms with Gasteiger partial charge in [0.15, 0.2) is 5.01 Å². The minimum absolute atomic E-state index is 0.679. The Bertz CT molecular complexity index is 551. The first-order chi connectivity index (χ1) is 7.88. The van der Waals surface area contributed by atoms with Gasteiger partial charge in [-0.1, -0.05) is 11.1 Å². The monoisotopic (exact) mass is 229 g/mol. The predicted octanol–water partition coefficient (Wildman–Crippen LogP) is 1.75. The van der Waals surface area contributed by atoms with E-state index < -0.39 is 0 Å². The summed E-state index contributed by atoms with van der Waals surface area (Å²) in [6.07, 6.45) is 6.33. The summed E-state index contributed by atoms with van der Waals surface area (Å²) in [4.78, 5) is 8.79. The lowest BCUT2D eigenvalue weighted by atomic mass is 10.3. The van der Waals surface area contributed by atoms with Gasteiger partial charge in [-0.2, -0.15) is 0 Å². The van der Waals surface area contributed by atoms with E-state index in [0.29, 0.717) is 5.01 Å². The highest BCUT2D eigenvalue weighted by Crippen LogP contribution is 2.09. The second-order valence-corrected chi connectivity index (χ2v) is 3.87. The molecule has 0 aliphatic heterocycles. The Balaban J connectivity index is 2.18. The molecule has 0 radical (unpaired) electrons. The molecule has 2 aromatic heterocycles. The van der Waals surface area contributed by atoms with Crippen molar-refractivity contribution in [1.29, 1.82) is 0 Å². The molecule has 0 saturated heterocycles. The Morgan fingerprint density at radius 1 is 1.38 bits per heavy atom. The number of nitrogens with zero attached hydrogens (tertiary/aromatic N) is 3. The third-order valence-corrected chi connectivity index (χ3v) is 2.53. The van der Waals surface area contributed by atoms with Crippen LogP contribution in [0.3, 0.4) is 0 Å². The minimum Gasteiger partial charge on any atom is -0.411 e. The van der Waals surface area contributed by atoms with E-state index >= 15 is 0 Å². The molecule has 16 heavy (non-hydrogen) atoms. The number of oxime groups is 1. The zero-order chi connectivity index (χ0) is 11.2. The quantitative estimate of drug-likeness (QED) is 0.351. The van der Waals surface area contributed by atoms with Gasteiger partial charge in [-0.05, 0) is 18.1 Å². The van der Waals surface area contributed by atoms with Crippen molar-refractivity contribution in [1.82, 2.24) is 9.97 Å². The number of hydrogen-bond donors (Lipinski definition) is 1. The number of pyridine rings is 1. The highest BCUT2D eigenvalue weighted by molar-refractivity contribution is 7.13. The van der Waals surface area contributed by atoms with Crippen molar-refractivity contribution < 1.29 is 5.21 Å². The molecule has 5 heteroatoms. The largest absolute Gasteiger partial charge is 0.411 e. The molecule has 0 saturated carbocycles. The van der Waals surface area contributed by atoms with Gasteiger partial charge in [0.05, 0.1) is 11.1 Å². The van der Waals surface area contributed by atoms with Crippen LogP contribution in [0.2, 0.25) is 0 Å². The van der Waals surface area contributed by atoms with Gasteiger partial charge in [-0.25, -0.2) is 4.98 Å². The van der Waals surface area contributed by atoms with Crippen LogP contribution in [0, 0.1) is 11.8 Å². The van der Waals surface area contributed by atoms with Crippen molar-refractivity contribution >= 4 is 17.6 Å². The van der Waals surface area contributed by atoms with Gasteiger partial charge in [0.1, 0.15) is 0 Å². The fourth-order valence-electron chi connectivity index (χ4n) is 1.02. The molecule has 0 aliphatic carbocycles. The summed E-state index contributed by atoms with van der Waals surface area (Å²) in [5.41, 5.74) is 0.843. The van der Waals surface area contributed by atoms with Crippen LogP contribution in [0.1, 0.15) is 15.4 Å². The normalized spacial score (nSPS) is 10.0. The second kappa shape index (κ2) is 5.05. The third-order valence-electron chi connectivity index (χ3n) is 1.68. The maximum absolute atomic E-state index is 8.34. The van der Waals surface area contributed by atoms with Crippen LogP contribution in [-0.4, -0.2) is 21.4 Å². The van der Waals surface area contributed by atoms with Crippen LogP contribution >= 0.6 is 11.3 Å². The average Bonchev–Trinajstić information content (AvgIpc) is 2.76. The molecule has 2 rings (SSSR count). The standard InChI is InChI=1S/C11H7N3OS/c15-14-8-10-7-13-11(16-10)4-3-9-2-1-5-12-6-9/h1-2,5-8,15H/b14-8+. The first kappa shape index (κ1) is 10.3. The molecule has 0 fully saturated rings. The van der Waals surface area contributed by atoms with E-state index in [1.807, 2.05) is 12.1 Å². The summed E-state index contributed by atoms with van der Waals surface area (Å²) < 4.78 is 0. The molecule has 0 spiro atoms. The minimum atomic E-state index is 0.679. The van der Waals surface area contributed by atoms with E-state index in [2.05, 4.69) is 27.0 Å². The van der Waals surface area contributed by atoms with E-state index in [4.69, 9.17) is 5.21 Å². The smallest absolute Gasteiger partial charge is 0.167 e. The van der Waals surface area contributed by atoms with E-state index in [1.54, 1.807) is 18.6 Å². The average molecular weight is 229 g/mol. The van der Waals surface area contributed by atoms with Gasteiger partial charge in [0, 0.05) is 24.2 Å². The fraction of sp³-hybridized carbons (Fsp3) is 0. The summed E-state index contributed by atoms with van der Waals surface area (Å²) in [5.74, 6) is 5.86. The van der Waals surface area contributed by atoms with Gasteiger partial charge in [0.2, 0.25) is 0 Å². The van der Waals surface area contributed by atoms with Gasteiger partial charge in [-0.3, -0.25) is 4.98 Å². The molecular weight excluding hydrogens is 222 g/mol. The SMILES string of the molecule is O/N=C/c1cnc(C#Cc2cccnc2)s1. The molecule has 0 amide bonds. The summed E-state index contributed by atoms with van der Waals surface area (Å²) in [6, 6.07) is 3.71. The van der Waals surface area contributed by atoms with Gasteiger partial charge in [0.25, 0.3) is 0 Å². The van der Waals surface area contributed by atoms with Crippen LogP contribution in [0.5, 0.6) is 0 Å². The van der Waals surface area contributed by atoms with Crippen molar-refractivity contribution in [2.75, 3.05) is 0 Å². The molecule has 0 unspecified atom stereocenters. The van der Waals surface area contributed by atoms with Crippen molar-refractivity contribution in [3.8, 4) is 11.8 Å². The van der Waals surface area contributed by atoms with E-state index in [1.165, 1.54) is 17.6 Å². The summed E-state index contributed by atoms with van der Waals surface area (Å²) >= 11 is 1.36. The Morgan fingerprint density at radius 3 is 3.06 bits per heavy atom. The summed E-state index contributed by atoms with van der Waals surface area (Å²) in [7, 11) is 0. The Hall–Kier alpha value is -2.19. The van der Waals surface area contributed by atoms with Crippen molar-refractivity contribution in [3.63, 3.8) is 0 Å². The van der Waals surface area contributed by atoms with Crippen LogP contribution < -0.4 is 0 Å². The van der Waals surface area contributed by atoms with Crippen molar-refractivity contribution in [3.05, 3.63) is 46.2 Å². The number of rotatable bonds is 1. The molecule has 0 bridgehead atoms. The zero-order valence-electron chi connectivity index (χ0n) is 8.16. The Morgan fingerprint density at radius 2 is 2.31 bits per heavy atom. The number of thiazole rings is 1. The molecular formula is C11H7N3OS. The van der Waals surface area contributed by atoms with E-state index in [0.717, 1.165) is 10.4 Å². The molecule has 0 aromatic carbocycles. The maximum Gasteiger partial charge on any atom is 0.167 e. The van der Waals surface area contributed by atoms with E-state index in [-0.39, 0.29) is 0 Å². The summed E-state index contributed by atoms with van der Waals surface area (Å²) in [5, 5.41) is 11.9. The van der Waals surface area contributed by atoms with Crippen LogP contribution in [0.25, 0.3) is 0 Å². The molecule has 0 aliphatic rings. The highest BCUT2D eigenvalue weighted by atomic mass is 32.1. The lowest BCUT2D eigenvalue weighted by molar-refractivity contribution is 0.322. The van der Waals surface area contributed by atoms with E-state index in [9.17, 15) is 0 Å². The van der Waals surface area contributed by atoms with Gasteiger partial charge in [-0.15, -0.1) is 11.3 Å². The highest BCUT2D eigenvalue weighted by Gasteiger charge is 1.95. The van der Waals surface area contributed by atoms with Crippen LogP contribution in [-0.2, 0) is 0 Å². The molecule has 78 valence electrons. The van der Waals surface area contributed by atoms with Crippen molar-refractivity contribution in [2.45, 2.75) is 0 Å². The molecule has 0 atom stereocenters. The number of aromatic nitrogens is 2. The number of hydrogen-bond acceptors (Lipinski definition) is 5. The second-order valence-electron chi connectivity index (χ2n) is 2.80. The molecule has 2 heterocycles. The molecule has 1 N–H and O–H groups in total. The molecule has 4 nitrogen and oxygen atoms in total. The van der Waals surface area contributed by atoms with Crippen molar-refractivity contribution in [2.24, 2.45) is 5.16 Å². The molecule has 2 aromatic rings. The van der Waals surface area contributed by atoms with Crippen LogP contribution in [0.15, 0.2) is 35.9 Å². The van der Waals surface area contributed by atoms with Gasteiger partial charge < -0.3 is 5.21 Å².